The Morgan fingerprint density at radius 2 is 1.86 bits per heavy atom. The lowest BCUT2D eigenvalue weighted by molar-refractivity contribution is -0.223. The highest BCUT2D eigenvalue weighted by Crippen LogP contribution is 2.47. The zero-order chi connectivity index (χ0) is 25.8. The molecule has 0 N–H and O–H groups in total. The lowest BCUT2D eigenvalue weighted by atomic mass is 9.68. The van der Waals surface area contributed by atoms with Gasteiger partial charge in [0.2, 0.25) is 0 Å². The van der Waals surface area contributed by atoms with E-state index in [-0.39, 0.29) is 17.8 Å². The highest BCUT2D eigenvalue weighted by Gasteiger charge is 2.58. The zero-order valence-corrected chi connectivity index (χ0v) is 22.8. The summed E-state index contributed by atoms with van der Waals surface area (Å²) in [5.41, 5.74) is 10.4. The van der Waals surface area contributed by atoms with Gasteiger partial charge in [-0.15, -0.1) is 0 Å². The molecule has 35 heavy (non-hydrogen) atoms. The summed E-state index contributed by atoms with van der Waals surface area (Å²) in [6.07, 6.45) is -1.50. The fourth-order valence-corrected chi connectivity index (χ4v) is 6.14. The molecular weight excluding hydrogens is 466 g/mol. The van der Waals surface area contributed by atoms with Gasteiger partial charge in [0.05, 0.1) is 36.9 Å². The van der Waals surface area contributed by atoms with Crippen molar-refractivity contribution in [3.05, 3.63) is 46.3 Å². The molecule has 7 atom stereocenters. The molecule has 0 unspecified atom stereocenters. The van der Waals surface area contributed by atoms with Crippen LogP contribution in [0.1, 0.15) is 39.7 Å². The smallest absolute Gasteiger partial charge is 0.312 e. The van der Waals surface area contributed by atoms with Gasteiger partial charge in [-0.2, -0.15) is 0 Å². The summed E-state index contributed by atoms with van der Waals surface area (Å²) >= 11 is 0. The first-order valence-corrected chi connectivity index (χ1v) is 15.1. The predicted octanol–water partition coefficient (Wildman–Crippen LogP) is 5.21. The fraction of sp³-hybridized carbons (Fsp3) is 0.720. The molecule has 2 aliphatic rings. The van der Waals surface area contributed by atoms with Crippen LogP contribution in [0.5, 0.6) is 0 Å². The van der Waals surface area contributed by atoms with E-state index in [0.29, 0.717) is 13.0 Å². The normalized spacial score (nSPS) is 31.3. The van der Waals surface area contributed by atoms with Crippen LogP contribution in [0.4, 0.5) is 0 Å². The van der Waals surface area contributed by atoms with Gasteiger partial charge in [-0.05, 0) is 36.2 Å². The highest BCUT2D eigenvalue weighted by molar-refractivity contribution is 6.74. The first-order valence-electron chi connectivity index (χ1n) is 12.2. The Morgan fingerprint density at radius 1 is 1.17 bits per heavy atom. The minimum Gasteiger partial charge on any atom is -0.462 e. The van der Waals surface area contributed by atoms with Crippen molar-refractivity contribution in [1.82, 2.24) is 0 Å². The predicted molar refractivity (Wildman–Crippen MR) is 134 cm³/mol. The number of carbonyl (C=O) groups is 1. The van der Waals surface area contributed by atoms with Crippen molar-refractivity contribution in [2.75, 3.05) is 13.9 Å². The Balaban J connectivity index is 2.01. The number of benzene rings is 1. The van der Waals surface area contributed by atoms with E-state index in [9.17, 15) is 10.3 Å². The van der Waals surface area contributed by atoms with Crippen molar-refractivity contribution < 1.29 is 28.2 Å². The average molecular weight is 506 g/mol. The summed E-state index contributed by atoms with van der Waals surface area (Å²) in [6.45, 7) is 13.0. The van der Waals surface area contributed by atoms with Crippen LogP contribution >= 0.6 is 0 Å². The first-order chi connectivity index (χ1) is 16.5. The Bertz CT molecular complexity index is 902. The first kappa shape index (κ1) is 27.6. The molecule has 1 aromatic carbocycles. The minimum atomic E-state index is -2.25. The number of cyclic esters (lactones) is 1. The molecule has 194 valence electrons. The number of hydrogen-bond donors (Lipinski definition) is 0. The molecule has 0 bridgehead atoms. The van der Waals surface area contributed by atoms with Gasteiger partial charge in [-0.3, -0.25) is 4.79 Å². The maximum Gasteiger partial charge on any atom is 0.312 e. The van der Waals surface area contributed by atoms with Gasteiger partial charge in [-0.25, -0.2) is 0 Å². The molecule has 9 nitrogen and oxygen atoms in total. The molecule has 0 amide bonds. The largest absolute Gasteiger partial charge is 0.462 e. The number of methoxy groups -OCH3 is 1. The van der Waals surface area contributed by atoms with Gasteiger partial charge in [0.15, 0.2) is 8.32 Å². The van der Waals surface area contributed by atoms with Crippen LogP contribution in [-0.4, -0.2) is 58.6 Å². The third kappa shape index (κ3) is 6.25. The van der Waals surface area contributed by atoms with E-state index in [1.54, 1.807) is 14.0 Å². The van der Waals surface area contributed by atoms with Crippen molar-refractivity contribution in [3.8, 4) is 0 Å². The summed E-state index contributed by atoms with van der Waals surface area (Å²) in [6, 6.07) is 9.29. The lowest BCUT2D eigenvalue weighted by Crippen LogP contribution is -2.64. The maximum absolute atomic E-state index is 13.3. The average Bonchev–Trinajstić information content (AvgIpc) is 2.79. The van der Waals surface area contributed by atoms with Crippen LogP contribution in [0.3, 0.4) is 0 Å². The Hall–Kier alpha value is -1.94. The van der Waals surface area contributed by atoms with Crippen molar-refractivity contribution >= 4 is 14.3 Å². The van der Waals surface area contributed by atoms with Crippen LogP contribution in [0.2, 0.25) is 18.1 Å². The molecule has 10 heteroatoms. The summed E-state index contributed by atoms with van der Waals surface area (Å²) in [5, 5.41) is 4.00. The number of azide groups is 1. The summed E-state index contributed by atoms with van der Waals surface area (Å²) in [7, 11) is -0.704. The van der Waals surface area contributed by atoms with E-state index in [0.717, 1.165) is 5.56 Å². The van der Waals surface area contributed by atoms with E-state index < -0.39 is 50.6 Å². The number of fused-ring (bicyclic) bond motifs is 1. The van der Waals surface area contributed by atoms with Crippen LogP contribution < -0.4 is 0 Å². The van der Waals surface area contributed by atoms with Crippen molar-refractivity contribution in [2.24, 2.45) is 17.0 Å². The summed E-state index contributed by atoms with van der Waals surface area (Å²) < 4.78 is 30.3. The molecule has 1 aliphatic carbocycles. The number of carbonyl (C=O) groups excluding carboxylic acids is 1. The SMILES string of the molecule is COCO[C@H]1[C@@H]2[C@H](N=[N+]=[N-])[C@H](C)OC(=O)[C@H]2[C@H](O[Si](C)(C)C(C)(C)C)C[C@@H]1OCc1ccccc1. The highest BCUT2D eigenvalue weighted by atomic mass is 28.4. The van der Waals surface area contributed by atoms with Gasteiger partial charge < -0.3 is 23.4 Å². The zero-order valence-electron chi connectivity index (χ0n) is 21.8. The van der Waals surface area contributed by atoms with Crippen LogP contribution in [0, 0.1) is 11.8 Å². The second kappa shape index (κ2) is 11.4. The van der Waals surface area contributed by atoms with Gasteiger partial charge >= 0.3 is 5.97 Å². The number of rotatable bonds is 9. The molecule has 1 heterocycles. The molecule has 0 radical (unpaired) electrons. The van der Waals surface area contributed by atoms with E-state index in [4.69, 9.17) is 23.4 Å². The monoisotopic (exact) mass is 505 g/mol. The summed E-state index contributed by atoms with van der Waals surface area (Å²) in [4.78, 5) is 16.4. The molecule has 3 rings (SSSR count). The minimum absolute atomic E-state index is 0.0270. The number of nitrogens with zero attached hydrogens (tertiary/aromatic N) is 3. The van der Waals surface area contributed by atoms with E-state index in [1.807, 2.05) is 30.3 Å². The van der Waals surface area contributed by atoms with Gasteiger partial charge in [0.1, 0.15) is 12.9 Å². The van der Waals surface area contributed by atoms with E-state index >= 15 is 0 Å². The molecule has 2 fully saturated rings. The fourth-order valence-electron chi connectivity index (χ4n) is 4.78. The van der Waals surface area contributed by atoms with Gasteiger partial charge in [0.25, 0.3) is 0 Å². The summed E-state index contributed by atoms with van der Waals surface area (Å²) in [5.74, 6) is -1.45. The van der Waals surface area contributed by atoms with E-state index in [2.05, 4.69) is 43.9 Å². The molecule has 1 saturated carbocycles. The van der Waals surface area contributed by atoms with Crippen molar-refractivity contribution in [3.63, 3.8) is 0 Å². The van der Waals surface area contributed by atoms with E-state index in [1.165, 1.54) is 0 Å². The standard InChI is InChI=1S/C25H39N3O6Si/c1-16-22(27-28-26)21-20(24(29)33-16)18(34-35(6,7)25(2,3)4)13-19(23(21)32-15-30-5)31-14-17-11-9-8-10-12-17/h8-12,16,18-23H,13-15H2,1-7H3/t16-,18+,19-,20-,21-,22+,23+/m0/s1. The Morgan fingerprint density at radius 3 is 2.46 bits per heavy atom. The molecule has 1 aliphatic heterocycles. The molecular formula is C25H39N3O6Si. The molecule has 0 aromatic heterocycles. The second-order valence-corrected chi connectivity index (χ2v) is 15.7. The number of hydrogen-bond acceptors (Lipinski definition) is 7. The van der Waals surface area contributed by atoms with Crippen LogP contribution in [-0.2, 0) is 34.8 Å². The third-order valence-electron chi connectivity index (χ3n) is 7.60. The Labute approximate surface area is 209 Å². The number of esters is 1. The van der Waals surface area contributed by atoms with Gasteiger partial charge in [0, 0.05) is 24.4 Å². The molecule has 0 spiro atoms. The van der Waals surface area contributed by atoms with Crippen molar-refractivity contribution in [1.29, 1.82) is 0 Å². The molecule has 1 saturated heterocycles. The van der Waals surface area contributed by atoms with Crippen LogP contribution in [0.15, 0.2) is 35.4 Å². The molecule has 1 aromatic rings. The topological polar surface area (TPSA) is 112 Å². The van der Waals surface area contributed by atoms with Gasteiger partial charge in [-0.1, -0.05) is 56.2 Å². The quantitative estimate of drug-likeness (QED) is 0.114. The second-order valence-electron chi connectivity index (χ2n) is 11.0. The van der Waals surface area contributed by atoms with Crippen LogP contribution in [0.25, 0.3) is 10.4 Å². The lowest BCUT2D eigenvalue weighted by Gasteiger charge is -2.52. The maximum atomic E-state index is 13.3. The van der Waals surface area contributed by atoms with Crippen molar-refractivity contribution in [2.45, 2.75) is 89.3 Å². The number of ether oxygens (including phenoxy) is 4. The third-order valence-corrected chi connectivity index (χ3v) is 12.1. The Kier molecular flexibility index (Phi) is 9.01.